The van der Waals surface area contributed by atoms with E-state index in [9.17, 15) is 0 Å². The van der Waals surface area contributed by atoms with Crippen molar-refractivity contribution in [2.24, 2.45) is 0 Å². The molecule has 1 aromatic rings. The molecule has 0 bridgehead atoms. The highest BCUT2D eigenvalue weighted by atomic mass is 15.3. The number of nitrogens with zero attached hydrogens (tertiary/aromatic N) is 3. The van der Waals surface area contributed by atoms with E-state index < -0.39 is 0 Å². The van der Waals surface area contributed by atoms with Gasteiger partial charge < -0.3 is 5.32 Å². The average molecular weight is 234 g/mol. The van der Waals surface area contributed by atoms with Crippen molar-refractivity contribution in [3.63, 3.8) is 0 Å². The van der Waals surface area contributed by atoms with Gasteiger partial charge in [-0.25, -0.2) is 0 Å². The molecule has 1 N–H and O–H groups in total. The lowest BCUT2D eigenvalue weighted by molar-refractivity contribution is 0.297. The molecule has 2 aliphatic rings. The fourth-order valence-corrected chi connectivity index (χ4v) is 3.35. The fourth-order valence-electron chi connectivity index (χ4n) is 3.35. The van der Waals surface area contributed by atoms with E-state index in [0.29, 0.717) is 6.04 Å². The Balaban J connectivity index is 1.57. The van der Waals surface area contributed by atoms with Gasteiger partial charge >= 0.3 is 0 Å². The zero-order valence-electron chi connectivity index (χ0n) is 10.6. The first-order chi connectivity index (χ1) is 8.38. The number of fused-ring (bicyclic) bond motifs is 1. The molecular weight excluding hydrogens is 212 g/mol. The number of aryl methyl sites for hydroxylation is 1. The Labute approximate surface area is 103 Å². The average Bonchev–Trinajstić information content (AvgIpc) is 3.03. The number of aromatic nitrogens is 2. The normalized spacial score (nSPS) is 28.8. The predicted octanol–water partition coefficient (Wildman–Crippen LogP) is 1.23. The van der Waals surface area contributed by atoms with E-state index in [4.69, 9.17) is 0 Å². The van der Waals surface area contributed by atoms with E-state index >= 15 is 0 Å². The largest absolute Gasteiger partial charge is 0.307 e. The molecule has 0 radical (unpaired) electrons. The SMILES string of the molecule is CCn1nccc1CNC1CCN2CCCC12. The van der Waals surface area contributed by atoms with Crippen molar-refractivity contribution in [1.29, 1.82) is 0 Å². The van der Waals surface area contributed by atoms with E-state index in [1.807, 2.05) is 6.20 Å². The van der Waals surface area contributed by atoms with Gasteiger partial charge in [-0.1, -0.05) is 0 Å². The zero-order valence-corrected chi connectivity index (χ0v) is 10.6. The molecule has 0 aromatic carbocycles. The summed E-state index contributed by atoms with van der Waals surface area (Å²) in [6.45, 7) is 6.67. The standard InChI is InChI=1S/C13H22N4/c1-2-17-11(5-7-15-17)10-14-12-6-9-16-8-3-4-13(12)16/h5,7,12-14H,2-4,6,8-10H2,1H3. The van der Waals surface area contributed by atoms with Crippen molar-refractivity contribution in [2.45, 2.75) is 51.4 Å². The first-order valence-corrected chi connectivity index (χ1v) is 6.86. The lowest BCUT2D eigenvalue weighted by Gasteiger charge is -2.21. The number of nitrogens with one attached hydrogen (secondary N) is 1. The first kappa shape index (κ1) is 11.2. The molecule has 2 unspecified atom stereocenters. The second-order valence-corrected chi connectivity index (χ2v) is 5.16. The molecule has 3 heterocycles. The van der Waals surface area contributed by atoms with Crippen LogP contribution in [0, 0.1) is 0 Å². The lowest BCUT2D eigenvalue weighted by atomic mass is 10.1. The van der Waals surface area contributed by atoms with Crippen molar-refractivity contribution in [3.05, 3.63) is 18.0 Å². The van der Waals surface area contributed by atoms with Crippen molar-refractivity contribution in [3.8, 4) is 0 Å². The highest BCUT2D eigenvalue weighted by molar-refractivity contribution is 5.02. The topological polar surface area (TPSA) is 33.1 Å². The van der Waals surface area contributed by atoms with Crippen LogP contribution in [0.4, 0.5) is 0 Å². The molecule has 2 saturated heterocycles. The zero-order chi connectivity index (χ0) is 11.7. The molecule has 3 rings (SSSR count). The molecule has 2 fully saturated rings. The van der Waals surface area contributed by atoms with Crippen LogP contribution in [0.3, 0.4) is 0 Å². The maximum Gasteiger partial charge on any atom is 0.0522 e. The van der Waals surface area contributed by atoms with Crippen LogP contribution in [0.5, 0.6) is 0 Å². The van der Waals surface area contributed by atoms with Crippen LogP contribution in [0.15, 0.2) is 12.3 Å². The number of hydrogen-bond acceptors (Lipinski definition) is 3. The summed E-state index contributed by atoms with van der Waals surface area (Å²) < 4.78 is 2.08. The third-order valence-corrected chi connectivity index (χ3v) is 4.26. The minimum atomic E-state index is 0.692. The Bertz CT molecular complexity index is 373. The summed E-state index contributed by atoms with van der Waals surface area (Å²) in [7, 11) is 0. The molecule has 0 amide bonds. The summed E-state index contributed by atoms with van der Waals surface area (Å²) in [5.74, 6) is 0. The molecule has 17 heavy (non-hydrogen) atoms. The lowest BCUT2D eigenvalue weighted by Crippen LogP contribution is -2.39. The highest BCUT2D eigenvalue weighted by Crippen LogP contribution is 2.27. The van der Waals surface area contributed by atoms with E-state index in [-0.39, 0.29) is 0 Å². The number of rotatable bonds is 4. The molecule has 2 aliphatic heterocycles. The second kappa shape index (κ2) is 4.78. The van der Waals surface area contributed by atoms with Crippen LogP contribution in [0.2, 0.25) is 0 Å². The molecular formula is C13H22N4. The fraction of sp³-hybridized carbons (Fsp3) is 0.769. The highest BCUT2D eigenvalue weighted by Gasteiger charge is 2.36. The first-order valence-electron chi connectivity index (χ1n) is 6.86. The second-order valence-electron chi connectivity index (χ2n) is 5.16. The summed E-state index contributed by atoms with van der Waals surface area (Å²) in [4.78, 5) is 2.65. The van der Waals surface area contributed by atoms with Crippen LogP contribution in [-0.4, -0.2) is 39.9 Å². The van der Waals surface area contributed by atoms with Gasteiger partial charge in [0.25, 0.3) is 0 Å². The summed E-state index contributed by atoms with van der Waals surface area (Å²) in [6, 6.07) is 3.61. The summed E-state index contributed by atoms with van der Waals surface area (Å²) >= 11 is 0. The third-order valence-electron chi connectivity index (χ3n) is 4.26. The molecule has 2 atom stereocenters. The van der Waals surface area contributed by atoms with E-state index in [1.165, 1.54) is 38.0 Å². The van der Waals surface area contributed by atoms with Gasteiger partial charge in [0, 0.05) is 37.9 Å². The molecule has 4 heteroatoms. The van der Waals surface area contributed by atoms with Gasteiger partial charge in [0.2, 0.25) is 0 Å². The maximum absolute atomic E-state index is 4.31. The molecule has 94 valence electrons. The van der Waals surface area contributed by atoms with Crippen molar-refractivity contribution in [1.82, 2.24) is 20.0 Å². The van der Waals surface area contributed by atoms with Crippen molar-refractivity contribution < 1.29 is 0 Å². The molecule has 4 nitrogen and oxygen atoms in total. The molecule has 0 spiro atoms. The molecule has 0 aliphatic carbocycles. The smallest absolute Gasteiger partial charge is 0.0522 e. The summed E-state index contributed by atoms with van der Waals surface area (Å²) in [5, 5.41) is 8.04. The Kier molecular flexibility index (Phi) is 3.16. The van der Waals surface area contributed by atoms with Crippen molar-refractivity contribution in [2.75, 3.05) is 13.1 Å². The molecule has 1 aromatic heterocycles. The van der Waals surface area contributed by atoms with Crippen LogP contribution >= 0.6 is 0 Å². The van der Waals surface area contributed by atoms with E-state index in [1.54, 1.807) is 0 Å². The van der Waals surface area contributed by atoms with Gasteiger partial charge in [0.1, 0.15) is 0 Å². The van der Waals surface area contributed by atoms with Crippen LogP contribution < -0.4 is 5.32 Å². The van der Waals surface area contributed by atoms with Gasteiger partial charge in [0.15, 0.2) is 0 Å². The van der Waals surface area contributed by atoms with E-state index in [0.717, 1.165) is 19.1 Å². The Morgan fingerprint density at radius 1 is 1.41 bits per heavy atom. The quantitative estimate of drug-likeness (QED) is 0.850. The van der Waals surface area contributed by atoms with Gasteiger partial charge in [-0.15, -0.1) is 0 Å². The van der Waals surface area contributed by atoms with Crippen LogP contribution in [-0.2, 0) is 13.1 Å². The predicted molar refractivity (Wildman–Crippen MR) is 67.7 cm³/mol. The van der Waals surface area contributed by atoms with E-state index in [2.05, 4.69) is 33.0 Å². The van der Waals surface area contributed by atoms with Crippen molar-refractivity contribution >= 4 is 0 Å². The minimum absolute atomic E-state index is 0.692. The third kappa shape index (κ3) is 2.11. The number of hydrogen-bond donors (Lipinski definition) is 1. The Morgan fingerprint density at radius 3 is 3.24 bits per heavy atom. The monoisotopic (exact) mass is 234 g/mol. The summed E-state index contributed by atoms with van der Waals surface area (Å²) in [6.07, 6.45) is 5.97. The Morgan fingerprint density at radius 2 is 2.35 bits per heavy atom. The minimum Gasteiger partial charge on any atom is -0.307 e. The van der Waals surface area contributed by atoms with Gasteiger partial charge in [-0.3, -0.25) is 9.58 Å². The van der Waals surface area contributed by atoms with Gasteiger partial charge in [-0.05, 0) is 38.8 Å². The summed E-state index contributed by atoms with van der Waals surface area (Å²) in [5.41, 5.74) is 1.31. The maximum atomic E-state index is 4.31. The van der Waals surface area contributed by atoms with Gasteiger partial charge in [0.05, 0.1) is 5.69 Å². The van der Waals surface area contributed by atoms with Crippen LogP contribution in [0.1, 0.15) is 31.9 Å². The van der Waals surface area contributed by atoms with Gasteiger partial charge in [-0.2, -0.15) is 5.10 Å². The Hall–Kier alpha value is -0.870. The molecule has 0 saturated carbocycles. The van der Waals surface area contributed by atoms with Crippen LogP contribution in [0.25, 0.3) is 0 Å².